The molecule has 1 aromatic carbocycles. The highest BCUT2D eigenvalue weighted by Gasteiger charge is 2.45. The summed E-state index contributed by atoms with van der Waals surface area (Å²) in [6, 6.07) is 12.4. The van der Waals surface area contributed by atoms with Crippen molar-refractivity contribution in [3.8, 4) is 22.8 Å². The van der Waals surface area contributed by atoms with Crippen molar-refractivity contribution < 1.29 is 19.0 Å². The maximum atomic E-state index is 12.6. The average Bonchev–Trinajstić information content (AvgIpc) is 2.99. The number of ether oxygens (including phenoxy) is 3. The second kappa shape index (κ2) is 9.00. The van der Waals surface area contributed by atoms with Crippen LogP contribution in [0, 0.1) is 0 Å². The van der Waals surface area contributed by atoms with E-state index < -0.39 is 5.60 Å². The number of fused-ring (bicyclic) bond motifs is 2. The van der Waals surface area contributed by atoms with Gasteiger partial charge >= 0.3 is 6.09 Å². The zero-order valence-corrected chi connectivity index (χ0v) is 19.7. The summed E-state index contributed by atoms with van der Waals surface area (Å²) in [5.74, 6) is 1.49. The van der Waals surface area contributed by atoms with Gasteiger partial charge in [0.25, 0.3) is 0 Å². The molecule has 2 unspecified atom stereocenters. The predicted octanol–water partition coefficient (Wildman–Crippen LogP) is 5.85. The quantitative estimate of drug-likeness (QED) is 0.586. The molecule has 6 nitrogen and oxygen atoms in total. The van der Waals surface area contributed by atoms with E-state index in [4.69, 9.17) is 14.2 Å². The molecule has 0 saturated carbocycles. The molecule has 4 rings (SSSR count). The van der Waals surface area contributed by atoms with Crippen LogP contribution in [0.1, 0.15) is 60.3 Å². The molecule has 0 N–H and O–H groups in total. The molecule has 3 heterocycles. The lowest BCUT2D eigenvalue weighted by molar-refractivity contribution is -0.00759. The van der Waals surface area contributed by atoms with Gasteiger partial charge < -0.3 is 19.1 Å². The summed E-state index contributed by atoms with van der Waals surface area (Å²) in [5.41, 5.74) is 1.65. The van der Waals surface area contributed by atoms with E-state index in [0.29, 0.717) is 5.88 Å². The lowest BCUT2D eigenvalue weighted by Gasteiger charge is -2.39. The number of pyridine rings is 1. The van der Waals surface area contributed by atoms with Gasteiger partial charge in [-0.2, -0.15) is 0 Å². The molecule has 172 valence electrons. The number of rotatable bonds is 5. The molecule has 0 spiro atoms. The van der Waals surface area contributed by atoms with E-state index in [9.17, 15) is 4.79 Å². The van der Waals surface area contributed by atoms with E-state index in [1.54, 1.807) is 0 Å². The Bertz CT molecular complexity index is 904. The first kappa shape index (κ1) is 22.4. The molecule has 2 aliphatic rings. The topological polar surface area (TPSA) is 60.9 Å². The second-order valence-corrected chi connectivity index (χ2v) is 10.1. The molecular weight excluding hydrogens is 404 g/mol. The number of piperidine rings is 1. The summed E-state index contributed by atoms with van der Waals surface area (Å²) in [5, 5.41) is 0. The van der Waals surface area contributed by atoms with E-state index >= 15 is 0 Å². The van der Waals surface area contributed by atoms with Crippen molar-refractivity contribution in [2.75, 3.05) is 0 Å². The minimum Gasteiger partial charge on any atom is -0.491 e. The first-order valence-electron chi connectivity index (χ1n) is 11.6. The lowest BCUT2D eigenvalue weighted by Crippen LogP contribution is -2.50. The Morgan fingerprint density at radius 3 is 2.16 bits per heavy atom. The third-order valence-corrected chi connectivity index (χ3v) is 5.88. The van der Waals surface area contributed by atoms with Crippen LogP contribution < -0.4 is 9.47 Å². The SMILES string of the molecule is CC(C)Oc1ccc(-c2ccc(OC3CC4CCC(C3)N4C(=O)OC(C)(C)C)nc2)cc1. The van der Waals surface area contributed by atoms with E-state index in [0.717, 1.165) is 42.6 Å². The van der Waals surface area contributed by atoms with Gasteiger partial charge in [-0.15, -0.1) is 0 Å². The van der Waals surface area contributed by atoms with Crippen LogP contribution in [-0.4, -0.2) is 45.9 Å². The van der Waals surface area contributed by atoms with Crippen molar-refractivity contribution in [2.24, 2.45) is 0 Å². The first-order valence-corrected chi connectivity index (χ1v) is 11.6. The molecule has 6 heteroatoms. The third-order valence-electron chi connectivity index (χ3n) is 5.88. The number of hydrogen-bond donors (Lipinski definition) is 0. The van der Waals surface area contributed by atoms with Crippen LogP contribution in [0.25, 0.3) is 11.1 Å². The fraction of sp³-hybridized carbons (Fsp3) is 0.538. The maximum Gasteiger partial charge on any atom is 0.410 e. The molecule has 1 aromatic heterocycles. The summed E-state index contributed by atoms with van der Waals surface area (Å²) in [6.07, 6.45) is 5.52. The fourth-order valence-electron chi connectivity index (χ4n) is 4.63. The predicted molar refractivity (Wildman–Crippen MR) is 124 cm³/mol. The summed E-state index contributed by atoms with van der Waals surface area (Å²) in [4.78, 5) is 19.1. The summed E-state index contributed by atoms with van der Waals surface area (Å²) >= 11 is 0. The molecule has 2 saturated heterocycles. The molecule has 2 bridgehead atoms. The molecule has 32 heavy (non-hydrogen) atoms. The molecule has 2 aliphatic heterocycles. The van der Waals surface area contributed by atoms with Crippen LogP contribution >= 0.6 is 0 Å². The van der Waals surface area contributed by atoms with Crippen molar-refractivity contribution in [1.82, 2.24) is 9.88 Å². The van der Waals surface area contributed by atoms with Crippen molar-refractivity contribution in [3.63, 3.8) is 0 Å². The monoisotopic (exact) mass is 438 g/mol. The van der Waals surface area contributed by atoms with E-state index in [2.05, 4.69) is 4.98 Å². The molecular formula is C26H34N2O4. The van der Waals surface area contributed by atoms with Gasteiger partial charge in [-0.25, -0.2) is 9.78 Å². The summed E-state index contributed by atoms with van der Waals surface area (Å²) < 4.78 is 17.5. The highest BCUT2D eigenvalue weighted by Crippen LogP contribution is 2.38. The van der Waals surface area contributed by atoms with Crippen LogP contribution in [0.3, 0.4) is 0 Å². The van der Waals surface area contributed by atoms with Crippen molar-refractivity contribution >= 4 is 6.09 Å². The summed E-state index contributed by atoms with van der Waals surface area (Å²) in [6.45, 7) is 9.76. The Morgan fingerprint density at radius 2 is 1.62 bits per heavy atom. The molecule has 2 atom stereocenters. The lowest BCUT2D eigenvalue weighted by atomic mass is 10.00. The van der Waals surface area contributed by atoms with Crippen LogP contribution in [0.5, 0.6) is 11.6 Å². The number of aromatic nitrogens is 1. The fourth-order valence-corrected chi connectivity index (χ4v) is 4.63. The van der Waals surface area contributed by atoms with Gasteiger partial charge in [0.05, 0.1) is 6.10 Å². The zero-order chi connectivity index (χ0) is 22.9. The Balaban J connectivity index is 1.35. The Kier molecular flexibility index (Phi) is 6.31. The number of nitrogens with zero attached hydrogens (tertiary/aromatic N) is 2. The van der Waals surface area contributed by atoms with Crippen LogP contribution in [-0.2, 0) is 4.74 Å². The molecule has 1 amide bonds. The minimum absolute atomic E-state index is 0.0667. The van der Waals surface area contributed by atoms with Crippen LogP contribution in [0.2, 0.25) is 0 Å². The van der Waals surface area contributed by atoms with Crippen LogP contribution in [0.4, 0.5) is 4.79 Å². The van der Waals surface area contributed by atoms with Crippen molar-refractivity contribution in [1.29, 1.82) is 0 Å². The van der Waals surface area contributed by atoms with Crippen molar-refractivity contribution in [3.05, 3.63) is 42.6 Å². The number of hydrogen-bond acceptors (Lipinski definition) is 5. The maximum absolute atomic E-state index is 12.6. The van der Waals surface area contributed by atoms with Gasteiger partial charge in [-0.05, 0) is 71.2 Å². The van der Waals surface area contributed by atoms with Gasteiger partial charge in [0, 0.05) is 42.8 Å². The molecule has 2 aromatic rings. The molecule has 2 fully saturated rings. The normalized spacial score (nSPS) is 22.7. The number of benzene rings is 1. The Morgan fingerprint density at radius 1 is 1.00 bits per heavy atom. The highest BCUT2D eigenvalue weighted by molar-refractivity contribution is 5.69. The molecule has 0 radical (unpaired) electrons. The van der Waals surface area contributed by atoms with Gasteiger partial charge in [0.15, 0.2) is 0 Å². The largest absolute Gasteiger partial charge is 0.491 e. The second-order valence-electron chi connectivity index (χ2n) is 10.1. The van der Waals surface area contributed by atoms with Gasteiger partial charge in [-0.1, -0.05) is 12.1 Å². The number of carbonyl (C=O) groups excluding carboxylic acids is 1. The van der Waals surface area contributed by atoms with E-state index in [1.807, 2.05) is 82.1 Å². The third kappa shape index (κ3) is 5.34. The van der Waals surface area contributed by atoms with E-state index in [-0.39, 0.29) is 30.4 Å². The zero-order valence-electron chi connectivity index (χ0n) is 19.7. The number of amides is 1. The van der Waals surface area contributed by atoms with Crippen LogP contribution in [0.15, 0.2) is 42.6 Å². The van der Waals surface area contributed by atoms with Gasteiger partial charge in [0.2, 0.25) is 5.88 Å². The van der Waals surface area contributed by atoms with Gasteiger partial charge in [-0.3, -0.25) is 0 Å². The smallest absolute Gasteiger partial charge is 0.410 e. The standard InChI is InChI=1S/C26H34N2O4/c1-17(2)30-22-11-6-18(7-12-22)19-8-13-24(27-16-19)31-23-14-20-9-10-21(15-23)28(20)25(29)32-26(3,4)5/h6-8,11-13,16-17,20-21,23H,9-10,14-15H2,1-5H3. The Labute approximate surface area is 190 Å². The summed E-state index contributed by atoms with van der Waals surface area (Å²) in [7, 11) is 0. The van der Waals surface area contributed by atoms with Gasteiger partial charge in [0.1, 0.15) is 17.5 Å². The minimum atomic E-state index is -0.475. The Hall–Kier alpha value is -2.76. The van der Waals surface area contributed by atoms with Crippen molar-refractivity contribution in [2.45, 2.75) is 90.2 Å². The highest BCUT2D eigenvalue weighted by atomic mass is 16.6. The average molecular weight is 439 g/mol. The number of carbonyl (C=O) groups is 1. The first-order chi connectivity index (χ1) is 15.2. The molecule has 0 aliphatic carbocycles. The van der Waals surface area contributed by atoms with E-state index in [1.165, 1.54) is 0 Å².